The summed E-state index contributed by atoms with van der Waals surface area (Å²) in [5.74, 6) is 2.04. The molecular weight excluding hydrogens is 719 g/mol. The van der Waals surface area contributed by atoms with Crippen molar-refractivity contribution < 1.29 is 0 Å². The molecule has 4 heteroatoms. The first kappa shape index (κ1) is 38.1. The Morgan fingerprint density at radius 2 is 0.966 bits per heavy atom. The minimum atomic E-state index is -1.74. The molecule has 3 nitrogen and oxygen atoms in total. The largest absolute Gasteiger partial charge is 0.208 e. The number of nitrogens with zero attached hydrogens (tertiary/aromatic N) is 3. The molecule has 2 aliphatic rings. The van der Waals surface area contributed by atoms with Crippen molar-refractivity contribution in [3.63, 3.8) is 0 Å². The number of aryl methyl sites for hydroxylation is 1. The van der Waals surface area contributed by atoms with E-state index in [4.69, 9.17) is 15.0 Å². The van der Waals surface area contributed by atoms with E-state index >= 15 is 0 Å². The van der Waals surface area contributed by atoms with Gasteiger partial charge in [-0.25, -0.2) is 15.0 Å². The second kappa shape index (κ2) is 13.8. The van der Waals surface area contributed by atoms with E-state index in [9.17, 15) is 0 Å². The Kier molecular flexibility index (Phi) is 9.09. The summed E-state index contributed by atoms with van der Waals surface area (Å²) in [7, 11) is -1.74. The van der Waals surface area contributed by atoms with Gasteiger partial charge in [0.05, 0.1) is 8.07 Å². The third-order valence-corrected chi connectivity index (χ3v) is 15.0. The summed E-state index contributed by atoms with van der Waals surface area (Å²) < 4.78 is 0. The minimum Gasteiger partial charge on any atom is -0.208 e. The highest BCUT2D eigenvalue weighted by Crippen LogP contribution is 2.66. The van der Waals surface area contributed by atoms with Crippen molar-refractivity contribution in [3.05, 3.63) is 156 Å². The van der Waals surface area contributed by atoms with E-state index in [1.807, 2.05) is 6.07 Å². The fourth-order valence-electron chi connectivity index (χ4n) is 11.0. The van der Waals surface area contributed by atoms with Gasteiger partial charge in [-0.2, -0.15) is 0 Å². The first-order chi connectivity index (χ1) is 27.7. The number of rotatable bonds is 6. The SMILES string of the molecule is CC(C)(C)C1(C(C)(C)C)c2cccc([Si](C)(C)C)c2-c2cccc(-c3ccccc3-c3nc(-c4ccccc4)nc(-c4ccccc4-c4cccc5c4CCC5)n3)c21. The van der Waals surface area contributed by atoms with Crippen LogP contribution >= 0.6 is 0 Å². The van der Waals surface area contributed by atoms with E-state index in [0.717, 1.165) is 35.1 Å². The van der Waals surface area contributed by atoms with Crippen molar-refractivity contribution in [1.82, 2.24) is 15.0 Å². The zero-order valence-corrected chi connectivity index (χ0v) is 36.7. The highest BCUT2D eigenvalue weighted by Gasteiger charge is 2.59. The highest BCUT2D eigenvalue weighted by atomic mass is 28.3. The van der Waals surface area contributed by atoms with Crippen LogP contribution in [0.3, 0.4) is 0 Å². The normalized spacial score (nSPS) is 14.6. The Labute approximate surface area is 346 Å². The molecule has 1 heterocycles. The van der Waals surface area contributed by atoms with Gasteiger partial charge in [0.15, 0.2) is 17.5 Å². The quantitative estimate of drug-likeness (QED) is 0.158. The Morgan fingerprint density at radius 1 is 0.466 bits per heavy atom. The van der Waals surface area contributed by atoms with Crippen molar-refractivity contribution in [2.75, 3.05) is 0 Å². The summed E-state index contributed by atoms with van der Waals surface area (Å²) in [6.07, 6.45) is 3.43. The fraction of sp³-hybridized carbons (Fsp3) is 0.278. The molecule has 0 saturated carbocycles. The molecule has 0 unspecified atom stereocenters. The van der Waals surface area contributed by atoms with Gasteiger partial charge < -0.3 is 0 Å². The van der Waals surface area contributed by atoms with Crippen LogP contribution in [0, 0.1) is 10.8 Å². The average Bonchev–Trinajstić information content (AvgIpc) is 3.82. The van der Waals surface area contributed by atoms with Gasteiger partial charge >= 0.3 is 0 Å². The molecule has 0 atom stereocenters. The lowest BCUT2D eigenvalue weighted by molar-refractivity contribution is 0.0955. The predicted octanol–water partition coefficient (Wildman–Crippen LogP) is 13.6. The molecule has 7 aromatic rings. The summed E-state index contributed by atoms with van der Waals surface area (Å²) in [6, 6.07) is 48.8. The van der Waals surface area contributed by atoms with Crippen LogP contribution in [0.5, 0.6) is 0 Å². The van der Waals surface area contributed by atoms with Gasteiger partial charge in [-0.15, -0.1) is 0 Å². The predicted molar refractivity (Wildman–Crippen MR) is 247 cm³/mol. The number of aromatic nitrogens is 3. The molecular formula is C54H55N3Si. The van der Waals surface area contributed by atoms with Crippen LogP contribution in [0.2, 0.25) is 19.6 Å². The van der Waals surface area contributed by atoms with Crippen molar-refractivity contribution in [3.8, 4) is 67.5 Å². The maximum atomic E-state index is 5.46. The maximum Gasteiger partial charge on any atom is 0.164 e. The molecule has 0 amide bonds. The van der Waals surface area contributed by atoms with E-state index in [2.05, 4.69) is 189 Å². The molecule has 0 fully saturated rings. The van der Waals surface area contributed by atoms with Crippen LogP contribution < -0.4 is 5.19 Å². The first-order valence-corrected chi connectivity index (χ1v) is 24.6. The van der Waals surface area contributed by atoms with E-state index in [1.54, 1.807) is 0 Å². The van der Waals surface area contributed by atoms with Gasteiger partial charge in [0.1, 0.15) is 0 Å². The van der Waals surface area contributed by atoms with Crippen molar-refractivity contribution in [2.24, 2.45) is 10.8 Å². The summed E-state index contributed by atoms with van der Waals surface area (Å²) >= 11 is 0. The molecule has 0 saturated heterocycles. The van der Waals surface area contributed by atoms with Crippen LogP contribution in [-0.4, -0.2) is 23.0 Å². The standard InChI is InChI=1S/C54H55N3Si/c1-52(2,3)54(53(4,5)6)45-33-20-34-46(58(7,8)9)47(45)44-32-19-31-41(48(44)54)40-26-14-16-28-43(40)51-56-49(36-21-11-10-12-22-36)55-50(57-51)42-27-15-13-25-39(42)38-30-18-24-35-23-17-29-37(35)38/h10-16,18-22,24-28,30-34H,17,23,29H2,1-9H3. The van der Waals surface area contributed by atoms with Crippen LogP contribution in [0.25, 0.3) is 67.5 Å². The molecule has 0 radical (unpaired) electrons. The van der Waals surface area contributed by atoms with Gasteiger partial charge in [0, 0.05) is 22.1 Å². The zero-order chi connectivity index (χ0) is 40.6. The van der Waals surface area contributed by atoms with Crippen LogP contribution in [0.15, 0.2) is 133 Å². The van der Waals surface area contributed by atoms with E-state index in [1.165, 1.54) is 61.7 Å². The molecule has 58 heavy (non-hydrogen) atoms. The van der Waals surface area contributed by atoms with Crippen molar-refractivity contribution in [1.29, 1.82) is 0 Å². The lowest BCUT2D eigenvalue weighted by atomic mass is 9.49. The van der Waals surface area contributed by atoms with Crippen LogP contribution in [0.4, 0.5) is 0 Å². The number of hydrogen-bond donors (Lipinski definition) is 0. The fourth-order valence-corrected chi connectivity index (χ4v) is 12.6. The van der Waals surface area contributed by atoms with Crippen LogP contribution in [-0.2, 0) is 18.3 Å². The van der Waals surface area contributed by atoms with Crippen LogP contribution in [0.1, 0.15) is 70.2 Å². The minimum absolute atomic E-state index is 0.115. The smallest absolute Gasteiger partial charge is 0.164 e. The molecule has 0 spiro atoms. The third-order valence-electron chi connectivity index (χ3n) is 13.0. The van der Waals surface area contributed by atoms with Gasteiger partial charge in [0.2, 0.25) is 0 Å². The Morgan fingerprint density at radius 3 is 1.59 bits per heavy atom. The first-order valence-electron chi connectivity index (χ1n) is 21.1. The second-order valence-electron chi connectivity index (χ2n) is 19.5. The van der Waals surface area contributed by atoms with Gasteiger partial charge in [-0.05, 0) is 85.7 Å². The van der Waals surface area contributed by atoms with E-state index < -0.39 is 8.07 Å². The summed E-state index contributed by atoms with van der Waals surface area (Å²) in [6.45, 7) is 22.2. The number of hydrogen-bond acceptors (Lipinski definition) is 3. The van der Waals surface area contributed by atoms with E-state index in [0.29, 0.717) is 17.5 Å². The molecule has 9 rings (SSSR count). The lowest BCUT2D eigenvalue weighted by Gasteiger charge is -2.54. The summed E-state index contributed by atoms with van der Waals surface area (Å²) in [5.41, 5.74) is 15.9. The molecule has 0 bridgehead atoms. The zero-order valence-electron chi connectivity index (χ0n) is 35.7. The topological polar surface area (TPSA) is 38.7 Å². The Balaban J connectivity index is 1.33. The molecule has 2 aliphatic carbocycles. The third kappa shape index (κ3) is 5.94. The second-order valence-corrected chi connectivity index (χ2v) is 24.6. The highest BCUT2D eigenvalue weighted by molar-refractivity contribution is 6.89. The molecule has 0 N–H and O–H groups in total. The lowest BCUT2D eigenvalue weighted by Crippen LogP contribution is -2.50. The van der Waals surface area contributed by atoms with Gasteiger partial charge in [0.25, 0.3) is 0 Å². The Hall–Kier alpha value is -5.45. The summed E-state index contributed by atoms with van der Waals surface area (Å²) in [4.78, 5) is 16.1. The maximum absolute atomic E-state index is 5.46. The molecule has 1 aromatic heterocycles. The Bertz CT molecular complexity index is 2690. The monoisotopic (exact) mass is 773 g/mol. The van der Waals surface area contributed by atoms with E-state index in [-0.39, 0.29) is 16.2 Å². The summed E-state index contributed by atoms with van der Waals surface area (Å²) in [5, 5.41) is 1.53. The molecule has 6 aromatic carbocycles. The molecule has 0 aliphatic heterocycles. The van der Waals surface area contributed by atoms with Crippen molar-refractivity contribution in [2.45, 2.75) is 85.9 Å². The average molecular weight is 774 g/mol. The van der Waals surface area contributed by atoms with Crippen molar-refractivity contribution >= 4 is 13.3 Å². The number of fused-ring (bicyclic) bond motifs is 4. The van der Waals surface area contributed by atoms with Gasteiger partial charge in [-0.1, -0.05) is 200 Å². The number of benzene rings is 6. The van der Waals surface area contributed by atoms with Gasteiger partial charge in [-0.3, -0.25) is 0 Å². The molecule has 290 valence electrons.